The van der Waals surface area contributed by atoms with Crippen molar-refractivity contribution in [2.75, 3.05) is 12.4 Å². The van der Waals surface area contributed by atoms with E-state index in [1.54, 1.807) is 18.4 Å². The number of carbonyl (C=O) groups excluding carboxylic acids is 1. The van der Waals surface area contributed by atoms with E-state index >= 15 is 0 Å². The lowest BCUT2D eigenvalue weighted by Gasteiger charge is -2.04. The maximum absolute atomic E-state index is 12.9. The number of carbonyl (C=O) groups is 1. The number of benzene rings is 2. The highest BCUT2D eigenvalue weighted by atomic mass is 32.1. The van der Waals surface area contributed by atoms with Gasteiger partial charge in [-0.3, -0.25) is 4.79 Å². The number of ether oxygens (including phenoxy) is 1. The van der Waals surface area contributed by atoms with Gasteiger partial charge in [-0.2, -0.15) is 0 Å². The van der Waals surface area contributed by atoms with E-state index in [1.807, 2.05) is 29.6 Å². The average Bonchev–Trinajstić information content (AvgIpc) is 3.11. The normalized spacial score (nSPS) is 10.5. The highest BCUT2D eigenvalue weighted by Crippen LogP contribution is 2.26. The maximum Gasteiger partial charge on any atom is 0.224 e. The first-order valence-corrected chi connectivity index (χ1v) is 8.66. The van der Waals surface area contributed by atoms with Crippen molar-refractivity contribution in [2.45, 2.75) is 12.8 Å². The predicted molar refractivity (Wildman–Crippen MR) is 97.5 cm³/mol. The molecule has 0 aliphatic carbocycles. The zero-order chi connectivity index (χ0) is 17.6. The number of rotatable bonds is 6. The number of amides is 1. The number of aryl methyl sites for hydroxylation is 1. The lowest BCUT2D eigenvalue weighted by Crippen LogP contribution is -2.12. The molecule has 1 N–H and O–H groups in total. The molecular weight excluding hydrogens is 339 g/mol. The monoisotopic (exact) mass is 356 g/mol. The van der Waals surface area contributed by atoms with Crippen molar-refractivity contribution in [1.82, 2.24) is 4.98 Å². The van der Waals surface area contributed by atoms with E-state index in [-0.39, 0.29) is 11.7 Å². The van der Waals surface area contributed by atoms with Crippen LogP contribution in [0.3, 0.4) is 0 Å². The molecule has 0 aliphatic rings. The molecule has 0 radical (unpaired) electrons. The molecule has 6 heteroatoms. The Morgan fingerprint density at radius 3 is 2.56 bits per heavy atom. The van der Waals surface area contributed by atoms with Crippen LogP contribution in [0.5, 0.6) is 5.75 Å². The first-order valence-electron chi connectivity index (χ1n) is 7.78. The van der Waals surface area contributed by atoms with E-state index in [2.05, 4.69) is 10.3 Å². The summed E-state index contributed by atoms with van der Waals surface area (Å²) >= 11 is 1.55. The van der Waals surface area contributed by atoms with Crippen LogP contribution in [0.25, 0.3) is 10.6 Å². The molecule has 0 atom stereocenters. The number of halogens is 1. The maximum atomic E-state index is 12.9. The number of hydrogen-bond donors (Lipinski definition) is 1. The molecule has 0 bridgehead atoms. The van der Waals surface area contributed by atoms with Crippen LogP contribution in [0.4, 0.5) is 10.1 Å². The third-order valence-corrected chi connectivity index (χ3v) is 4.57. The fourth-order valence-electron chi connectivity index (χ4n) is 2.29. The summed E-state index contributed by atoms with van der Waals surface area (Å²) in [5.41, 5.74) is 2.49. The third kappa shape index (κ3) is 4.64. The van der Waals surface area contributed by atoms with Gasteiger partial charge in [-0.25, -0.2) is 9.37 Å². The van der Waals surface area contributed by atoms with Crippen LogP contribution >= 0.6 is 11.3 Å². The molecular formula is C19H17FN2O2S. The van der Waals surface area contributed by atoms with Gasteiger partial charge in [0.05, 0.1) is 12.8 Å². The molecule has 25 heavy (non-hydrogen) atoms. The molecule has 0 unspecified atom stereocenters. The Balaban J connectivity index is 1.55. The minimum Gasteiger partial charge on any atom is -0.497 e. The molecule has 4 nitrogen and oxygen atoms in total. The average molecular weight is 356 g/mol. The van der Waals surface area contributed by atoms with E-state index in [0.717, 1.165) is 22.0 Å². The summed E-state index contributed by atoms with van der Waals surface area (Å²) in [7, 11) is 1.63. The number of methoxy groups -OCH3 is 1. The van der Waals surface area contributed by atoms with E-state index in [4.69, 9.17) is 4.74 Å². The quantitative estimate of drug-likeness (QED) is 0.706. The molecule has 3 aromatic rings. The third-order valence-electron chi connectivity index (χ3n) is 3.62. The molecule has 0 aliphatic heterocycles. The summed E-state index contributed by atoms with van der Waals surface area (Å²) in [6, 6.07) is 13.4. The highest BCUT2D eigenvalue weighted by Gasteiger charge is 2.08. The van der Waals surface area contributed by atoms with Gasteiger partial charge in [0.2, 0.25) is 5.91 Å². The summed E-state index contributed by atoms with van der Waals surface area (Å²) in [5, 5.41) is 5.62. The zero-order valence-corrected chi connectivity index (χ0v) is 14.5. The van der Waals surface area contributed by atoms with Crippen molar-refractivity contribution in [3.8, 4) is 16.3 Å². The summed E-state index contributed by atoms with van der Waals surface area (Å²) in [4.78, 5) is 16.5. The largest absolute Gasteiger partial charge is 0.497 e. The Hall–Kier alpha value is -2.73. The number of aromatic nitrogens is 1. The summed E-state index contributed by atoms with van der Waals surface area (Å²) in [5.74, 6) is 0.357. The SMILES string of the molecule is COc1ccc(-c2nc(CCC(=O)Nc3ccc(F)cc3)cs2)cc1. The van der Waals surface area contributed by atoms with Crippen molar-refractivity contribution in [3.63, 3.8) is 0 Å². The lowest BCUT2D eigenvalue weighted by atomic mass is 10.2. The second kappa shape index (κ2) is 7.90. The van der Waals surface area contributed by atoms with Gasteiger partial charge >= 0.3 is 0 Å². The molecule has 2 aromatic carbocycles. The van der Waals surface area contributed by atoms with Crippen LogP contribution in [0.15, 0.2) is 53.9 Å². The van der Waals surface area contributed by atoms with E-state index in [0.29, 0.717) is 18.5 Å². The Labute approximate surface area is 149 Å². The fourth-order valence-corrected chi connectivity index (χ4v) is 3.15. The van der Waals surface area contributed by atoms with Crippen LogP contribution < -0.4 is 10.1 Å². The minimum atomic E-state index is -0.327. The van der Waals surface area contributed by atoms with E-state index < -0.39 is 0 Å². The summed E-state index contributed by atoms with van der Waals surface area (Å²) < 4.78 is 18.0. The van der Waals surface area contributed by atoms with Gasteiger partial charge in [0, 0.05) is 23.1 Å². The van der Waals surface area contributed by atoms with Crippen LogP contribution in [0.1, 0.15) is 12.1 Å². The fraction of sp³-hybridized carbons (Fsp3) is 0.158. The first kappa shape index (κ1) is 17.1. The number of thiazole rings is 1. The summed E-state index contributed by atoms with van der Waals surface area (Å²) in [6.07, 6.45) is 0.878. The highest BCUT2D eigenvalue weighted by molar-refractivity contribution is 7.13. The van der Waals surface area contributed by atoms with Crippen LogP contribution in [0.2, 0.25) is 0 Å². The minimum absolute atomic E-state index is 0.120. The van der Waals surface area contributed by atoms with Crippen molar-refractivity contribution in [2.24, 2.45) is 0 Å². The van der Waals surface area contributed by atoms with Gasteiger partial charge in [0.1, 0.15) is 16.6 Å². The number of hydrogen-bond acceptors (Lipinski definition) is 4. The number of nitrogens with zero attached hydrogens (tertiary/aromatic N) is 1. The Bertz CT molecular complexity index is 845. The zero-order valence-electron chi connectivity index (χ0n) is 13.7. The van der Waals surface area contributed by atoms with Crippen molar-refractivity contribution >= 4 is 22.9 Å². The van der Waals surface area contributed by atoms with Crippen LogP contribution in [-0.4, -0.2) is 18.0 Å². The summed E-state index contributed by atoms with van der Waals surface area (Å²) in [6.45, 7) is 0. The Morgan fingerprint density at radius 1 is 1.16 bits per heavy atom. The van der Waals surface area contributed by atoms with Gasteiger partial charge in [0.25, 0.3) is 0 Å². The molecule has 0 saturated heterocycles. The Morgan fingerprint density at radius 2 is 1.88 bits per heavy atom. The van der Waals surface area contributed by atoms with Gasteiger partial charge < -0.3 is 10.1 Å². The molecule has 1 aromatic heterocycles. The number of nitrogens with one attached hydrogen (secondary N) is 1. The van der Waals surface area contributed by atoms with Gasteiger partial charge in [0.15, 0.2) is 0 Å². The molecule has 3 rings (SSSR count). The molecule has 0 spiro atoms. The van der Waals surface area contributed by atoms with E-state index in [1.165, 1.54) is 24.3 Å². The van der Waals surface area contributed by atoms with Crippen molar-refractivity contribution in [1.29, 1.82) is 0 Å². The molecule has 0 saturated carbocycles. The number of anilines is 1. The molecule has 0 fully saturated rings. The molecule has 128 valence electrons. The Kier molecular flexibility index (Phi) is 5.40. The topological polar surface area (TPSA) is 51.2 Å². The van der Waals surface area contributed by atoms with Crippen LogP contribution in [-0.2, 0) is 11.2 Å². The molecule has 1 amide bonds. The van der Waals surface area contributed by atoms with Gasteiger partial charge in [-0.1, -0.05) is 0 Å². The standard InChI is InChI=1S/C19H17FN2O2S/c1-24-17-9-2-13(3-10-17)19-22-16(12-25-19)8-11-18(23)21-15-6-4-14(20)5-7-15/h2-7,9-10,12H,8,11H2,1H3,(H,21,23). The smallest absolute Gasteiger partial charge is 0.224 e. The second-order valence-corrected chi connectivity index (χ2v) is 6.29. The second-order valence-electron chi connectivity index (χ2n) is 5.43. The first-order chi connectivity index (χ1) is 12.1. The lowest BCUT2D eigenvalue weighted by molar-refractivity contribution is -0.116. The van der Waals surface area contributed by atoms with Crippen LogP contribution in [0, 0.1) is 5.82 Å². The van der Waals surface area contributed by atoms with Crippen molar-refractivity contribution in [3.05, 3.63) is 65.4 Å². The van der Waals surface area contributed by atoms with Gasteiger partial charge in [-0.05, 0) is 55.0 Å². The predicted octanol–water partition coefficient (Wildman–Crippen LogP) is 4.53. The van der Waals surface area contributed by atoms with E-state index in [9.17, 15) is 9.18 Å². The van der Waals surface area contributed by atoms with Gasteiger partial charge in [-0.15, -0.1) is 11.3 Å². The van der Waals surface area contributed by atoms with Crippen molar-refractivity contribution < 1.29 is 13.9 Å². The molecule has 1 heterocycles.